The van der Waals surface area contributed by atoms with Crippen molar-refractivity contribution >= 4 is 18.0 Å². The van der Waals surface area contributed by atoms with Gasteiger partial charge < -0.3 is 20.1 Å². The zero-order valence-electron chi connectivity index (χ0n) is 19.6. The molecule has 0 saturated heterocycles. The highest BCUT2D eigenvalue weighted by molar-refractivity contribution is 5.86. The number of nitrogens with zero attached hydrogens (tertiary/aromatic N) is 1. The van der Waals surface area contributed by atoms with Crippen LogP contribution < -0.4 is 5.32 Å². The molecule has 35 heavy (non-hydrogen) atoms. The van der Waals surface area contributed by atoms with E-state index in [0.29, 0.717) is 12.8 Å². The summed E-state index contributed by atoms with van der Waals surface area (Å²) in [5.74, 6) is -1.78. The summed E-state index contributed by atoms with van der Waals surface area (Å²) >= 11 is 0. The van der Waals surface area contributed by atoms with Gasteiger partial charge >= 0.3 is 12.1 Å². The summed E-state index contributed by atoms with van der Waals surface area (Å²) in [7, 11) is 0. The summed E-state index contributed by atoms with van der Waals surface area (Å²) in [4.78, 5) is 37.4. The van der Waals surface area contributed by atoms with Gasteiger partial charge in [-0.15, -0.1) is 0 Å². The van der Waals surface area contributed by atoms with E-state index in [1.165, 1.54) is 4.90 Å². The van der Waals surface area contributed by atoms with Crippen molar-refractivity contribution in [2.75, 3.05) is 19.7 Å². The summed E-state index contributed by atoms with van der Waals surface area (Å²) in [6, 6.07) is 14.2. The molecule has 1 aliphatic rings. The Labute approximate surface area is 203 Å². The Balaban J connectivity index is 1.62. The number of carboxylic acids is 1. The SMILES string of the molecule is CCN(CCCCC(=O)O)C(=O)C(CC(F)F)NC(=O)OCC1c2ccccc2-c2ccccc21. The quantitative estimate of drug-likeness (QED) is 0.424. The fourth-order valence-electron chi connectivity index (χ4n) is 4.41. The van der Waals surface area contributed by atoms with Gasteiger partial charge in [-0.3, -0.25) is 9.59 Å². The fraction of sp³-hybridized carbons (Fsp3) is 0.423. The van der Waals surface area contributed by atoms with Crippen LogP contribution in [0, 0.1) is 0 Å². The number of halogens is 2. The third-order valence-corrected chi connectivity index (χ3v) is 6.11. The van der Waals surface area contributed by atoms with Gasteiger partial charge in [-0.25, -0.2) is 13.6 Å². The van der Waals surface area contributed by atoms with Crippen molar-refractivity contribution < 1.29 is 33.0 Å². The summed E-state index contributed by atoms with van der Waals surface area (Å²) in [6.45, 7) is 2.16. The van der Waals surface area contributed by atoms with Crippen LogP contribution in [0.2, 0.25) is 0 Å². The lowest BCUT2D eigenvalue weighted by molar-refractivity contribution is -0.137. The second-order valence-corrected chi connectivity index (χ2v) is 8.42. The molecule has 0 aromatic heterocycles. The zero-order chi connectivity index (χ0) is 25.4. The van der Waals surface area contributed by atoms with Gasteiger partial charge in [0, 0.05) is 31.8 Å². The molecule has 1 atom stereocenters. The van der Waals surface area contributed by atoms with E-state index in [4.69, 9.17) is 9.84 Å². The second-order valence-electron chi connectivity index (χ2n) is 8.42. The normalized spacial score (nSPS) is 13.1. The first-order valence-corrected chi connectivity index (χ1v) is 11.7. The lowest BCUT2D eigenvalue weighted by atomic mass is 9.98. The van der Waals surface area contributed by atoms with E-state index in [9.17, 15) is 23.2 Å². The number of ether oxygens (including phenoxy) is 1. The summed E-state index contributed by atoms with van der Waals surface area (Å²) < 4.78 is 31.8. The first kappa shape index (κ1) is 26.1. The van der Waals surface area contributed by atoms with Crippen LogP contribution in [0.25, 0.3) is 11.1 Å². The largest absolute Gasteiger partial charge is 0.481 e. The highest BCUT2D eigenvalue weighted by Gasteiger charge is 2.31. The Morgan fingerprint density at radius 2 is 1.63 bits per heavy atom. The van der Waals surface area contributed by atoms with Crippen LogP contribution in [0.1, 0.15) is 49.7 Å². The molecule has 0 fully saturated rings. The molecular formula is C26H30F2N2O5. The minimum absolute atomic E-state index is 0.00211. The number of carboxylic acid groups (broad SMARTS) is 1. The van der Waals surface area contributed by atoms with E-state index in [-0.39, 0.29) is 32.0 Å². The molecule has 2 N–H and O–H groups in total. The molecule has 188 valence electrons. The zero-order valence-corrected chi connectivity index (χ0v) is 19.6. The Morgan fingerprint density at radius 3 is 2.17 bits per heavy atom. The Bertz CT molecular complexity index is 1000. The number of carbonyl (C=O) groups is 3. The monoisotopic (exact) mass is 488 g/mol. The number of hydrogen-bond acceptors (Lipinski definition) is 4. The van der Waals surface area contributed by atoms with E-state index >= 15 is 0 Å². The third-order valence-electron chi connectivity index (χ3n) is 6.11. The molecule has 0 spiro atoms. The summed E-state index contributed by atoms with van der Waals surface area (Å²) in [6.07, 6.45) is -3.84. The van der Waals surface area contributed by atoms with Crippen molar-refractivity contribution in [3.8, 4) is 11.1 Å². The van der Waals surface area contributed by atoms with E-state index in [2.05, 4.69) is 5.32 Å². The molecule has 0 saturated carbocycles. The van der Waals surface area contributed by atoms with Crippen LogP contribution in [0.15, 0.2) is 48.5 Å². The van der Waals surface area contributed by atoms with Crippen molar-refractivity contribution in [2.45, 2.75) is 51.0 Å². The van der Waals surface area contributed by atoms with E-state index in [0.717, 1.165) is 22.3 Å². The molecule has 0 aliphatic heterocycles. The minimum Gasteiger partial charge on any atom is -0.481 e. The number of hydrogen-bond donors (Lipinski definition) is 2. The summed E-state index contributed by atoms with van der Waals surface area (Å²) in [5.41, 5.74) is 4.15. The van der Waals surface area contributed by atoms with Gasteiger partial charge in [-0.1, -0.05) is 48.5 Å². The van der Waals surface area contributed by atoms with Gasteiger partial charge in [0.05, 0.1) is 0 Å². The van der Waals surface area contributed by atoms with Crippen LogP contribution in [0.3, 0.4) is 0 Å². The molecule has 1 unspecified atom stereocenters. The molecule has 0 heterocycles. The highest BCUT2D eigenvalue weighted by Crippen LogP contribution is 2.44. The van der Waals surface area contributed by atoms with Crippen LogP contribution in [-0.2, 0) is 14.3 Å². The van der Waals surface area contributed by atoms with Crippen LogP contribution >= 0.6 is 0 Å². The van der Waals surface area contributed by atoms with Crippen molar-refractivity contribution in [1.29, 1.82) is 0 Å². The molecule has 2 aromatic carbocycles. The number of likely N-dealkylation sites (N-methyl/N-ethyl adjacent to an activating group) is 1. The first-order valence-electron chi connectivity index (χ1n) is 11.7. The average molecular weight is 489 g/mol. The van der Waals surface area contributed by atoms with Gasteiger partial charge in [0.15, 0.2) is 0 Å². The molecule has 2 amide bonds. The second kappa shape index (κ2) is 12.3. The van der Waals surface area contributed by atoms with E-state index in [1.807, 2.05) is 48.5 Å². The smallest absolute Gasteiger partial charge is 0.407 e. The Kier molecular flexibility index (Phi) is 9.17. The van der Waals surface area contributed by atoms with Crippen LogP contribution in [0.4, 0.5) is 13.6 Å². The number of alkyl halides is 2. The fourth-order valence-corrected chi connectivity index (χ4v) is 4.41. The molecule has 7 nitrogen and oxygen atoms in total. The molecule has 0 bridgehead atoms. The number of carbonyl (C=O) groups excluding carboxylic acids is 2. The number of unbranched alkanes of at least 4 members (excludes halogenated alkanes) is 1. The van der Waals surface area contributed by atoms with Crippen molar-refractivity contribution in [3.05, 3.63) is 59.7 Å². The molecule has 9 heteroatoms. The number of aliphatic carboxylic acids is 1. The van der Waals surface area contributed by atoms with Crippen molar-refractivity contribution in [3.63, 3.8) is 0 Å². The van der Waals surface area contributed by atoms with Gasteiger partial charge in [-0.2, -0.15) is 0 Å². The maximum atomic E-state index is 13.2. The molecule has 2 aromatic rings. The lowest BCUT2D eigenvalue weighted by Gasteiger charge is -2.27. The van der Waals surface area contributed by atoms with Gasteiger partial charge in [0.2, 0.25) is 12.3 Å². The minimum atomic E-state index is -2.80. The summed E-state index contributed by atoms with van der Waals surface area (Å²) in [5, 5.41) is 11.1. The maximum Gasteiger partial charge on any atom is 0.407 e. The highest BCUT2D eigenvalue weighted by atomic mass is 19.3. The number of rotatable bonds is 12. The predicted molar refractivity (Wildman–Crippen MR) is 126 cm³/mol. The standard InChI is InChI=1S/C26H30F2N2O5/c1-2-30(14-8-7-13-24(31)32)25(33)22(15-23(27)28)29-26(34)35-16-21-19-11-5-3-9-17(19)18-10-4-6-12-20(18)21/h3-6,9-12,21-23H,2,7-8,13-16H2,1H3,(H,29,34)(H,31,32). The number of benzene rings is 2. The average Bonchev–Trinajstić information content (AvgIpc) is 3.15. The van der Waals surface area contributed by atoms with E-state index < -0.39 is 36.9 Å². The van der Waals surface area contributed by atoms with Gasteiger partial charge in [-0.05, 0) is 42.0 Å². The van der Waals surface area contributed by atoms with Crippen LogP contribution in [-0.4, -0.2) is 60.1 Å². The van der Waals surface area contributed by atoms with Crippen LogP contribution in [0.5, 0.6) is 0 Å². The third kappa shape index (κ3) is 6.77. The lowest BCUT2D eigenvalue weighted by Crippen LogP contribution is -2.50. The van der Waals surface area contributed by atoms with Crippen molar-refractivity contribution in [1.82, 2.24) is 10.2 Å². The molecule has 1 aliphatic carbocycles. The van der Waals surface area contributed by atoms with Crippen molar-refractivity contribution in [2.24, 2.45) is 0 Å². The topological polar surface area (TPSA) is 95.9 Å². The first-order chi connectivity index (χ1) is 16.8. The maximum absolute atomic E-state index is 13.2. The molecule has 0 radical (unpaired) electrons. The Morgan fingerprint density at radius 1 is 1.03 bits per heavy atom. The number of alkyl carbamates (subject to hydrolysis) is 1. The molecule has 3 rings (SSSR count). The number of amides is 2. The van der Waals surface area contributed by atoms with Gasteiger partial charge in [0.25, 0.3) is 0 Å². The number of nitrogens with one attached hydrogen (secondary N) is 1. The molecular weight excluding hydrogens is 458 g/mol. The van der Waals surface area contributed by atoms with Gasteiger partial charge in [0.1, 0.15) is 12.6 Å². The Hall–Kier alpha value is -3.49. The predicted octanol–water partition coefficient (Wildman–Crippen LogP) is 4.65. The van der Waals surface area contributed by atoms with E-state index in [1.54, 1.807) is 6.92 Å². The number of fused-ring (bicyclic) bond motifs is 3.